The second-order valence-electron chi connectivity index (χ2n) is 3.54. The lowest BCUT2D eigenvalue weighted by molar-refractivity contribution is 0.580. The van der Waals surface area contributed by atoms with Crippen molar-refractivity contribution in [1.29, 1.82) is 0 Å². The van der Waals surface area contributed by atoms with Crippen LogP contribution >= 0.6 is 25.3 Å². The van der Waals surface area contributed by atoms with Gasteiger partial charge in [-0.1, -0.05) is 0 Å². The van der Waals surface area contributed by atoms with Crippen LogP contribution in [0.5, 0.6) is 0 Å². The second-order valence-corrected chi connectivity index (χ2v) is 4.73. The van der Waals surface area contributed by atoms with Gasteiger partial charge >= 0.3 is 0 Å². The Balaban J connectivity index is 2.36. The molecule has 1 aromatic carbocycles. The largest absolute Gasteiger partial charge is 0.346 e. The normalized spacial score (nSPS) is 26.0. The average Bonchev–Trinajstić information content (AvgIpc) is 2.48. The SMILES string of the molecule is Fc1ccc(N2C(S)CCC2S)c(F)c1. The van der Waals surface area contributed by atoms with Gasteiger partial charge in [-0.3, -0.25) is 0 Å². The molecule has 1 aliphatic rings. The summed E-state index contributed by atoms with van der Waals surface area (Å²) < 4.78 is 26.2. The van der Waals surface area contributed by atoms with Crippen molar-refractivity contribution < 1.29 is 8.78 Å². The molecule has 2 unspecified atom stereocenters. The van der Waals surface area contributed by atoms with Crippen LogP contribution in [-0.2, 0) is 0 Å². The molecule has 1 aliphatic heterocycles. The molecule has 2 atom stereocenters. The van der Waals surface area contributed by atoms with Gasteiger partial charge in [0.2, 0.25) is 0 Å². The quantitative estimate of drug-likeness (QED) is 0.721. The topological polar surface area (TPSA) is 3.24 Å². The highest BCUT2D eigenvalue weighted by molar-refractivity contribution is 7.82. The lowest BCUT2D eigenvalue weighted by Gasteiger charge is -2.27. The van der Waals surface area contributed by atoms with Crippen LogP contribution in [0, 0.1) is 11.6 Å². The monoisotopic (exact) mass is 247 g/mol. The molecule has 5 heteroatoms. The van der Waals surface area contributed by atoms with E-state index >= 15 is 0 Å². The van der Waals surface area contributed by atoms with E-state index in [9.17, 15) is 8.78 Å². The minimum Gasteiger partial charge on any atom is -0.346 e. The molecule has 15 heavy (non-hydrogen) atoms. The Bertz CT molecular complexity index is 362. The lowest BCUT2D eigenvalue weighted by Crippen LogP contribution is -2.30. The minimum atomic E-state index is -0.568. The van der Waals surface area contributed by atoms with Gasteiger partial charge in [0.25, 0.3) is 0 Å². The van der Waals surface area contributed by atoms with E-state index in [0.29, 0.717) is 5.69 Å². The Kier molecular flexibility index (Phi) is 3.11. The first-order valence-electron chi connectivity index (χ1n) is 4.69. The summed E-state index contributed by atoms with van der Waals surface area (Å²) in [5.41, 5.74) is 0.369. The van der Waals surface area contributed by atoms with Crippen LogP contribution < -0.4 is 4.90 Å². The van der Waals surface area contributed by atoms with E-state index in [0.717, 1.165) is 18.9 Å². The third kappa shape index (κ3) is 2.08. The fraction of sp³-hybridized carbons (Fsp3) is 0.400. The van der Waals surface area contributed by atoms with Gasteiger partial charge in [-0.2, -0.15) is 25.3 Å². The summed E-state index contributed by atoms with van der Waals surface area (Å²) in [6.45, 7) is 0. The van der Waals surface area contributed by atoms with Crippen molar-refractivity contribution in [2.45, 2.75) is 23.6 Å². The van der Waals surface area contributed by atoms with E-state index in [1.807, 2.05) is 0 Å². The molecule has 2 rings (SSSR count). The van der Waals surface area contributed by atoms with Gasteiger partial charge in [0.05, 0.1) is 16.4 Å². The number of hydrogen-bond donors (Lipinski definition) is 2. The number of halogens is 2. The molecule has 0 aromatic heterocycles. The molecule has 0 amide bonds. The molecule has 0 radical (unpaired) electrons. The maximum Gasteiger partial charge on any atom is 0.149 e. The number of nitrogens with zero attached hydrogens (tertiary/aromatic N) is 1. The second kappa shape index (κ2) is 4.22. The van der Waals surface area contributed by atoms with Crippen molar-refractivity contribution in [3.8, 4) is 0 Å². The number of benzene rings is 1. The van der Waals surface area contributed by atoms with Gasteiger partial charge in [-0.25, -0.2) is 8.78 Å². The molecule has 0 aliphatic carbocycles. The van der Waals surface area contributed by atoms with E-state index < -0.39 is 11.6 Å². The van der Waals surface area contributed by atoms with Crippen molar-refractivity contribution in [2.75, 3.05) is 4.90 Å². The third-order valence-corrected chi connectivity index (χ3v) is 3.53. The third-order valence-electron chi connectivity index (χ3n) is 2.51. The number of thiol groups is 2. The smallest absolute Gasteiger partial charge is 0.149 e. The molecule has 0 spiro atoms. The van der Waals surface area contributed by atoms with E-state index in [-0.39, 0.29) is 10.7 Å². The molecule has 1 saturated heterocycles. The molecule has 1 fully saturated rings. The summed E-state index contributed by atoms with van der Waals surface area (Å²) in [5.74, 6) is -1.13. The summed E-state index contributed by atoms with van der Waals surface area (Å²) in [7, 11) is 0. The Morgan fingerprint density at radius 3 is 2.27 bits per heavy atom. The molecule has 1 aromatic rings. The fourth-order valence-electron chi connectivity index (χ4n) is 1.79. The Labute approximate surface area is 98.3 Å². The Morgan fingerprint density at radius 1 is 1.13 bits per heavy atom. The van der Waals surface area contributed by atoms with Crippen LogP contribution in [0.4, 0.5) is 14.5 Å². The van der Waals surface area contributed by atoms with E-state index in [4.69, 9.17) is 0 Å². The molecular formula is C10H11F2NS2. The Morgan fingerprint density at radius 2 is 1.73 bits per heavy atom. The summed E-state index contributed by atoms with van der Waals surface area (Å²) in [4.78, 5) is 1.76. The Hall–Kier alpha value is -0.420. The summed E-state index contributed by atoms with van der Waals surface area (Å²) in [6.07, 6.45) is 1.71. The van der Waals surface area contributed by atoms with Crippen molar-refractivity contribution in [3.63, 3.8) is 0 Å². The minimum absolute atomic E-state index is 0.0486. The highest BCUT2D eigenvalue weighted by atomic mass is 32.1. The van der Waals surface area contributed by atoms with Crippen molar-refractivity contribution in [3.05, 3.63) is 29.8 Å². The fourth-order valence-corrected chi connectivity index (χ4v) is 2.76. The van der Waals surface area contributed by atoms with Gasteiger partial charge < -0.3 is 4.90 Å². The highest BCUT2D eigenvalue weighted by Gasteiger charge is 2.30. The van der Waals surface area contributed by atoms with Crippen LogP contribution in [0.1, 0.15) is 12.8 Å². The van der Waals surface area contributed by atoms with Gasteiger partial charge in [-0.05, 0) is 25.0 Å². The molecule has 0 N–H and O–H groups in total. The summed E-state index contributed by atoms with van der Waals surface area (Å²) >= 11 is 8.70. The molecule has 1 heterocycles. The van der Waals surface area contributed by atoms with Crippen molar-refractivity contribution in [1.82, 2.24) is 0 Å². The van der Waals surface area contributed by atoms with Gasteiger partial charge in [0.15, 0.2) is 0 Å². The predicted octanol–water partition coefficient (Wildman–Crippen LogP) is 3.08. The average molecular weight is 247 g/mol. The molecule has 0 saturated carbocycles. The van der Waals surface area contributed by atoms with Crippen molar-refractivity contribution >= 4 is 30.9 Å². The predicted molar refractivity (Wildman–Crippen MR) is 63.6 cm³/mol. The van der Waals surface area contributed by atoms with Gasteiger partial charge in [0.1, 0.15) is 11.6 Å². The summed E-state index contributed by atoms with van der Waals surface area (Å²) in [5, 5.41) is -0.0973. The first kappa shape index (κ1) is 11.1. The van der Waals surface area contributed by atoms with E-state index in [1.54, 1.807) is 4.90 Å². The van der Waals surface area contributed by atoms with Gasteiger partial charge in [-0.15, -0.1) is 0 Å². The zero-order chi connectivity index (χ0) is 11.0. The molecule has 1 nitrogen and oxygen atoms in total. The molecule has 0 bridgehead atoms. The van der Waals surface area contributed by atoms with Crippen LogP contribution in [0.2, 0.25) is 0 Å². The zero-order valence-corrected chi connectivity index (χ0v) is 9.69. The highest BCUT2D eigenvalue weighted by Crippen LogP contribution is 2.35. The van der Waals surface area contributed by atoms with E-state index in [1.165, 1.54) is 12.1 Å². The van der Waals surface area contributed by atoms with Crippen molar-refractivity contribution in [2.24, 2.45) is 0 Å². The van der Waals surface area contributed by atoms with Crippen LogP contribution in [0.25, 0.3) is 0 Å². The lowest BCUT2D eigenvalue weighted by atomic mass is 10.2. The van der Waals surface area contributed by atoms with Crippen LogP contribution in [-0.4, -0.2) is 10.7 Å². The van der Waals surface area contributed by atoms with Crippen LogP contribution in [0.15, 0.2) is 18.2 Å². The van der Waals surface area contributed by atoms with E-state index in [2.05, 4.69) is 25.3 Å². The molecule has 82 valence electrons. The molecular weight excluding hydrogens is 236 g/mol. The zero-order valence-electron chi connectivity index (χ0n) is 7.90. The number of hydrogen-bond acceptors (Lipinski definition) is 3. The maximum absolute atomic E-state index is 13.5. The first-order chi connectivity index (χ1) is 7.09. The number of rotatable bonds is 1. The van der Waals surface area contributed by atoms with Gasteiger partial charge in [0, 0.05) is 6.07 Å². The standard InChI is InChI=1S/C10H11F2NS2/c11-6-1-2-8(7(12)5-6)13-9(14)3-4-10(13)15/h1-2,5,9-10,14-15H,3-4H2. The summed E-state index contributed by atoms with van der Waals surface area (Å²) in [6, 6.07) is 3.56. The van der Waals surface area contributed by atoms with Crippen LogP contribution in [0.3, 0.4) is 0 Å². The first-order valence-corrected chi connectivity index (χ1v) is 5.72. The maximum atomic E-state index is 13.5. The number of anilines is 1.